The number of hydrogen-bond acceptors (Lipinski definition) is 4. The third-order valence-electron chi connectivity index (χ3n) is 6.38. The maximum atomic E-state index is 13.8. The minimum absolute atomic E-state index is 0.0394. The van der Waals surface area contributed by atoms with Crippen molar-refractivity contribution < 1.29 is 23.8 Å². The normalized spacial score (nSPS) is 25.3. The highest BCUT2D eigenvalue weighted by Gasteiger charge is 2.62. The van der Waals surface area contributed by atoms with Crippen molar-refractivity contribution in [3.63, 3.8) is 0 Å². The number of benzene rings is 2. The summed E-state index contributed by atoms with van der Waals surface area (Å²) in [4.78, 5) is 28.3. The van der Waals surface area contributed by atoms with Crippen LogP contribution in [0.2, 0.25) is 5.02 Å². The number of amides is 2. The maximum Gasteiger partial charge on any atom is 0.241 e. The summed E-state index contributed by atoms with van der Waals surface area (Å²) in [5.41, 5.74) is 0.129. The molecule has 2 aliphatic rings. The number of carbonyl (C=O) groups is 2. The zero-order chi connectivity index (χ0) is 22.5. The van der Waals surface area contributed by atoms with Gasteiger partial charge in [-0.15, -0.1) is 0 Å². The Morgan fingerprint density at radius 2 is 2.06 bits per heavy atom. The van der Waals surface area contributed by atoms with Crippen LogP contribution in [0.5, 0.6) is 11.5 Å². The zero-order valence-electron chi connectivity index (χ0n) is 17.1. The average Bonchev–Trinajstić information content (AvgIpc) is 2.95. The molecule has 0 bridgehead atoms. The summed E-state index contributed by atoms with van der Waals surface area (Å²) in [5.74, 6) is -2.47. The van der Waals surface area contributed by atoms with E-state index in [1.165, 1.54) is 25.3 Å². The number of phenolic OH excluding ortho intramolecular Hbond substituents is 1. The lowest BCUT2D eigenvalue weighted by Gasteiger charge is -2.40. The summed E-state index contributed by atoms with van der Waals surface area (Å²) in [6.45, 7) is 5.59. The van der Waals surface area contributed by atoms with E-state index in [4.69, 9.17) is 16.3 Å². The topological polar surface area (TPSA) is 66.8 Å². The van der Waals surface area contributed by atoms with Crippen LogP contribution in [0.1, 0.15) is 24.8 Å². The van der Waals surface area contributed by atoms with Gasteiger partial charge in [-0.3, -0.25) is 9.59 Å². The molecule has 31 heavy (non-hydrogen) atoms. The van der Waals surface area contributed by atoms with Crippen LogP contribution in [-0.2, 0) is 9.59 Å². The van der Waals surface area contributed by atoms with E-state index in [1.54, 1.807) is 25.1 Å². The van der Waals surface area contributed by atoms with Crippen molar-refractivity contribution in [3.8, 4) is 11.5 Å². The first-order chi connectivity index (χ1) is 14.7. The highest BCUT2D eigenvalue weighted by atomic mass is 35.5. The Morgan fingerprint density at radius 1 is 1.32 bits per heavy atom. The standard InChI is InChI=1S/C24H21ClFNO4/c1-4-13-8-10-15-22(29)27(14-9-11-17(26)16(25)12-14)23(30)24(15,2)21(13)20-18(28)6-5-7-19(20)31-3/h4-9,11-12,15,21,28H,1,10H2,2-3H3. The van der Waals surface area contributed by atoms with Crippen molar-refractivity contribution in [3.05, 3.63) is 77.1 Å². The smallest absolute Gasteiger partial charge is 0.241 e. The highest BCUT2D eigenvalue weighted by molar-refractivity contribution is 6.31. The number of nitrogens with zero attached hydrogens (tertiary/aromatic N) is 1. The molecule has 160 valence electrons. The first kappa shape index (κ1) is 21.1. The quantitative estimate of drug-likeness (QED) is 0.679. The number of aromatic hydroxyl groups is 1. The molecule has 0 spiro atoms. The van der Waals surface area contributed by atoms with Gasteiger partial charge in [0.2, 0.25) is 11.8 Å². The number of anilines is 1. The fourth-order valence-corrected chi connectivity index (χ4v) is 5.00. The van der Waals surface area contributed by atoms with E-state index in [1.807, 2.05) is 6.08 Å². The largest absolute Gasteiger partial charge is 0.508 e. The number of allylic oxidation sites excluding steroid dienone is 3. The lowest BCUT2D eigenvalue weighted by molar-refractivity contribution is -0.127. The van der Waals surface area contributed by atoms with Crippen LogP contribution in [-0.4, -0.2) is 24.0 Å². The predicted molar refractivity (Wildman–Crippen MR) is 116 cm³/mol. The van der Waals surface area contributed by atoms with Crippen molar-refractivity contribution in [1.82, 2.24) is 0 Å². The molecular weight excluding hydrogens is 421 g/mol. The summed E-state index contributed by atoms with van der Waals surface area (Å²) in [7, 11) is 1.48. The molecule has 2 aromatic rings. The van der Waals surface area contributed by atoms with Crippen molar-refractivity contribution in [2.24, 2.45) is 11.3 Å². The Bertz CT molecular complexity index is 1140. The second kappa shape index (κ2) is 7.54. The van der Waals surface area contributed by atoms with Gasteiger partial charge in [-0.25, -0.2) is 9.29 Å². The minimum atomic E-state index is -1.22. The van der Waals surface area contributed by atoms with Gasteiger partial charge in [0.05, 0.1) is 29.2 Å². The molecule has 7 heteroatoms. The number of methoxy groups -OCH3 is 1. The molecule has 2 aromatic carbocycles. The molecule has 0 saturated carbocycles. The first-order valence-corrected chi connectivity index (χ1v) is 10.1. The molecule has 3 atom stereocenters. The summed E-state index contributed by atoms with van der Waals surface area (Å²) >= 11 is 5.91. The fraction of sp³-hybridized carbons (Fsp3) is 0.250. The number of rotatable bonds is 4. The molecule has 0 radical (unpaired) electrons. The van der Waals surface area contributed by atoms with E-state index >= 15 is 0 Å². The molecule has 1 fully saturated rings. The monoisotopic (exact) mass is 441 g/mol. The van der Waals surface area contributed by atoms with Crippen LogP contribution in [0.15, 0.2) is 60.7 Å². The molecule has 1 N–H and O–H groups in total. The van der Waals surface area contributed by atoms with Crippen molar-refractivity contribution >= 4 is 29.1 Å². The van der Waals surface area contributed by atoms with Gasteiger partial charge in [0.15, 0.2) is 0 Å². The van der Waals surface area contributed by atoms with E-state index in [2.05, 4.69) is 6.58 Å². The van der Waals surface area contributed by atoms with Crippen LogP contribution in [0, 0.1) is 17.2 Å². The van der Waals surface area contributed by atoms with Gasteiger partial charge in [-0.05, 0) is 49.2 Å². The Morgan fingerprint density at radius 3 is 2.71 bits per heavy atom. The van der Waals surface area contributed by atoms with Gasteiger partial charge in [0, 0.05) is 11.5 Å². The van der Waals surface area contributed by atoms with Crippen LogP contribution >= 0.6 is 11.6 Å². The molecule has 1 heterocycles. The molecule has 4 rings (SSSR count). The number of halogens is 2. The van der Waals surface area contributed by atoms with Gasteiger partial charge in [0.25, 0.3) is 0 Å². The van der Waals surface area contributed by atoms with Gasteiger partial charge >= 0.3 is 0 Å². The second-order valence-corrected chi connectivity index (χ2v) is 8.29. The van der Waals surface area contributed by atoms with Gasteiger partial charge < -0.3 is 9.84 Å². The number of carbonyl (C=O) groups excluding carboxylic acids is 2. The number of ether oxygens (including phenoxy) is 1. The van der Waals surface area contributed by atoms with E-state index < -0.39 is 34.9 Å². The van der Waals surface area contributed by atoms with Crippen molar-refractivity contribution in [2.75, 3.05) is 12.0 Å². The molecular formula is C24H21ClFNO4. The summed E-state index contributed by atoms with van der Waals surface area (Å²) in [5, 5.41) is 10.5. The van der Waals surface area contributed by atoms with E-state index in [-0.39, 0.29) is 16.5 Å². The van der Waals surface area contributed by atoms with Crippen LogP contribution < -0.4 is 9.64 Å². The Balaban J connectivity index is 1.92. The number of fused-ring (bicyclic) bond motifs is 1. The molecule has 3 unspecified atom stereocenters. The molecule has 1 aliphatic carbocycles. The average molecular weight is 442 g/mol. The summed E-state index contributed by atoms with van der Waals surface area (Å²) in [6.07, 6.45) is 3.83. The fourth-order valence-electron chi connectivity index (χ4n) is 4.83. The number of phenols is 1. The van der Waals surface area contributed by atoms with Gasteiger partial charge in [-0.2, -0.15) is 0 Å². The first-order valence-electron chi connectivity index (χ1n) is 9.77. The predicted octanol–water partition coefficient (Wildman–Crippen LogP) is 4.99. The minimum Gasteiger partial charge on any atom is -0.508 e. The zero-order valence-corrected chi connectivity index (χ0v) is 17.8. The van der Waals surface area contributed by atoms with Gasteiger partial charge in [0.1, 0.15) is 17.3 Å². The molecule has 0 aromatic heterocycles. The van der Waals surface area contributed by atoms with E-state index in [0.717, 1.165) is 16.5 Å². The Hall–Kier alpha value is -3.12. The molecule has 5 nitrogen and oxygen atoms in total. The van der Waals surface area contributed by atoms with E-state index in [9.17, 15) is 19.1 Å². The summed E-state index contributed by atoms with van der Waals surface area (Å²) < 4.78 is 19.2. The summed E-state index contributed by atoms with van der Waals surface area (Å²) in [6, 6.07) is 8.61. The SMILES string of the molecule is C=CC1=CCC2C(=O)N(c3ccc(F)c(Cl)c3)C(=O)C2(C)C1c1c(O)cccc1OC. The number of hydrogen-bond donors (Lipinski definition) is 1. The lowest BCUT2D eigenvalue weighted by Crippen LogP contribution is -2.41. The Kier molecular flexibility index (Phi) is 5.13. The highest BCUT2D eigenvalue weighted by Crippen LogP contribution is 2.59. The Labute approximate surface area is 184 Å². The van der Waals surface area contributed by atoms with Crippen molar-refractivity contribution in [1.29, 1.82) is 0 Å². The maximum absolute atomic E-state index is 13.8. The third-order valence-corrected chi connectivity index (χ3v) is 6.67. The van der Waals surface area contributed by atoms with Gasteiger partial charge in [-0.1, -0.05) is 36.4 Å². The number of imide groups is 1. The van der Waals surface area contributed by atoms with E-state index in [0.29, 0.717) is 17.7 Å². The van der Waals surface area contributed by atoms with Crippen LogP contribution in [0.4, 0.5) is 10.1 Å². The lowest BCUT2D eigenvalue weighted by atomic mass is 9.59. The molecule has 1 saturated heterocycles. The molecule has 1 aliphatic heterocycles. The van der Waals surface area contributed by atoms with Crippen molar-refractivity contribution in [2.45, 2.75) is 19.3 Å². The van der Waals surface area contributed by atoms with Crippen LogP contribution in [0.3, 0.4) is 0 Å². The van der Waals surface area contributed by atoms with Crippen LogP contribution in [0.25, 0.3) is 0 Å². The third kappa shape index (κ3) is 2.97. The second-order valence-electron chi connectivity index (χ2n) is 7.88. The molecule has 2 amide bonds.